The van der Waals surface area contributed by atoms with Gasteiger partial charge in [-0.15, -0.1) is 0 Å². The van der Waals surface area contributed by atoms with Crippen molar-refractivity contribution < 1.29 is 14.3 Å². The van der Waals surface area contributed by atoms with Gasteiger partial charge in [0.15, 0.2) is 0 Å². The molecule has 0 saturated carbocycles. The first-order valence-corrected chi connectivity index (χ1v) is 11.3. The zero-order valence-corrected chi connectivity index (χ0v) is 19.7. The second kappa shape index (κ2) is 10.3. The minimum atomic E-state index is -0.408. The monoisotopic (exact) mass is 459 g/mol. The Morgan fingerprint density at radius 1 is 1.06 bits per heavy atom. The Labute approximate surface area is 199 Å². The van der Waals surface area contributed by atoms with Gasteiger partial charge in [-0.3, -0.25) is 9.59 Å². The topological polar surface area (TPSA) is 96.5 Å². The van der Waals surface area contributed by atoms with Crippen molar-refractivity contribution in [3.63, 3.8) is 0 Å². The minimum Gasteiger partial charge on any atom is -0.497 e. The van der Waals surface area contributed by atoms with E-state index in [1.54, 1.807) is 18.1 Å². The lowest BCUT2D eigenvalue weighted by molar-refractivity contribution is -0.122. The number of aromatic nitrogens is 2. The molecule has 0 radical (unpaired) electrons. The molecule has 8 nitrogen and oxygen atoms in total. The standard InChI is InChI=1S/C26H29N5O3/c1-17-13-18(2)29-24(28-17)11-12-27-20-7-9-21(10-8-20)30-26(33)19-14-25(32)31(16-19)22-5-4-6-23(15-22)34-3/h4-10,13,15,19,27H,11-12,14,16H2,1-3H3,(H,30,33). The van der Waals surface area contributed by atoms with Gasteiger partial charge in [-0.2, -0.15) is 0 Å². The average Bonchev–Trinajstić information content (AvgIpc) is 3.21. The number of nitrogens with one attached hydrogen (secondary N) is 2. The van der Waals surface area contributed by atoms with Gasteiger partial charge in [0.2, 0.25) is 11.8 Å². The van der Waals surface area contributed by atoms with Crippen molar-refractivity contribution in [3.8, 4) is 5.75 Å². The molecule has 1 atom stereocenters. The molecule has 1 aliphatic rings. The highest BCUT2D eigenvalue weighted by atomic mass is 16.5. The predicted molar refractivity (Wildman–Crippen MR) is 132 cm³/mol. The first kappa shape index (κ1) is 23.2. The van der Waals surface area contributed by atoms with Crippen molar-refractivity contribution in [1.29, 1.82) is 0 Å². The van der Waals surface area contributed by atoms with E-state index in [-0.39, 0.29) is 18.2 Å². The summed E-state index contributed by atoms with van der Waals surface area (Å²) in [4.78, 5) is 35.8. The quantitative estimate of drug-likeness (QED) is 0.533. The smallest absolute Gasteiger partial charge is 0.229 e. The van der Waals surface area contributed by atoms with Crippen LogP contribution in [0, 0.1) is 19.8 Å². The highest BCUT2D eigenvalue weighted by molar-refractivity contribution is 6.03. The number of carbonyl (C=O) groups excluding carboxylic acids is 2. The number of rotatable bonds is 8. The molecule has 3 aromatic rings. The highest BCUT2D eigenvalue weighted by Gasteiger charge is 2.35. The molecule has 0 spiro atoms. The molecule has 8 heteroatoms. The van der Waals surface area contributed by atoms with Crippen molar-refractivity contribution in [1.82, 2.24) is 9.97 Å². The molecule has 1 aromatic heterocycles. The van der Waals surface area contributed by atoms with Gasteiger partial charge in [0.25, 0.3) is 0 Å². The normalized spacial score (nSPS) is 15.3. The minimum absolute atomic E-state index is 0.0688. The van der Waals surface area contributed by atoms with Gasteiger partial charge < -0.3 is 20.3 Å². The number of hydrogen-bond acceptors (Lipinski definition) is 6. The number of nitrogens with zero attached hydrogens (tertiary/aromatic N) is 3. The van der Waals surface area contributed by atoms with E-state index in [1.165, 1.54) is 0 Å². The summed E-state index contributed by atoms with van der Waals surface area (Å²) in [7, 11) is 1.58. The Hall–Kier alpha value is -3.94. The number of aryl methyl sites for hydroxylation is 2. The van der Waals surface area contributed by atoms with Crippen LogP contribution in [0.15, 0.2) is 54.6 Å². The van der Waals surface area contributed by atoms with Crippen LogP contribution in [-0.4, -0.2) is 42.0 Å². The van der Waals surface area contributed by atoms with Gasteiger partial charge >= 0.3 is 0 Å². The molecule has 2 amide bonds. The van der Waals surface area contributed by atoms with E-state index in [4.69, 9.17) is 4.74 Å². The van der Waals surface area contributed by atoms with Gasteiger partial charge in [-0.05, 0) is 56.3 Å². The van der Waals surface area contributed by atoms with Crippen molar-refractivity contribution in [2.75, 3.05) is 35.7 Å². The summed E-state index contributed by atoms with van der Waals surface area (Å²) in [6.45, 7) is 4.99. The average molecular weight is 460 g/mol. The maximum Gasteiger partial charge on any atom is 0.229 e. The zero-order chi connectivity index (χ0) is 24.1. The Bertz CT molecular complexity index is 1160. The maximum absolute atomic E-state index is 12.8. The van der Waals surface area contributed by atoms with Crippen molar-refractivity contribution in [3.05, 3.63) is 71.8 Å². The van der Waals surface area contributed by atoms with Gasteiger partial charge in [-0.1, -0.05) is 6.07 Å². The van der Waals surface area contributed by atoms with Crippen LogP contribution in [0.4, 0.5) is 17.1 Å². The number of anilines is 3. The Kier molecular flexibility index (Phi) is 7.06. The second-order valence-electron chi connectivity index (χ2n) is 8.42. The van der Waals surface area contributed by atoms with E-state index in [2.05, 4.69) is 20.6 Å². The van der Waals surface area contributed by atoms with Crippen LogP contribution >= 0.6 is 0 Å². The lowest BCUT2D eigenvalue weighted by atomic mass is 10.1. The molecule has 1 fully saturated rings. The van der Waals surface area contributed by atoms with Crippen LogP contribution in [0.25, 0.3) is 0 Å². The Morgan fingerprint density at radius 3 is 2.47 bits per heavy atom. The zero-order valence-electron chi connectivity index (χ0n) is 19.7. The molecule has 0 aliphatic carbocycles. The molecule has 1 unspecified atom stereocenters. The predicted octanol–water partition coefficient (Wildman–Crippen LogP) is 3.75. The third-order valence-corrected chi connectivity index (χ3v) is 5.72. The number of benzene rings is 2. The lowest BCUT2D eigenvalue weighted by Crippen LogP contribution is -2.28. The van der Waals surface area contributed by atoms with Gasteiger partial charge in [0, 0.05) is 60.4 Å². The summed E-state index contributed by atoms with van der Waals surface area (Å²) in [6.07, 6.45) is 0.906. The van der Waals surface area contributed by atoms with Crippen molar-refractivity contribution in [2.45, 2.75) is 26.7 Å². The molecule has 0 bridgehead atoms. The molecular weight excluding hydrogens is 430 g/mol. The van der Waals surface area contributed by atoms with Crippen LogP contribution in [0.1, 0.15) is 23.6 Å². The van der Waals surface area contributed by atoms with E-state index in [0.717, 1.165) is 35.0 Å². The van der Waals surface area contributed by atoms with Gasteiger partial charge in [-0.25, -0.2) is 9.97 Å². The summed E-state index contributed by atoms with van der Waals surface area (Å²) >= 11 is 0. The van der Waals surface area contributed by atoms with E-state index >= 15 is 0 Å². The molecule has 176 valence electrons. The molecule has 34 heavy (non-hydrogen) atoms. The van der Waals surface area contributed by atoms with Crippen LogP contribution in [0.5, 0.6) is 5.75 Å². The van der Waals surface area contributed by atoms with Gasteiger partial charge in [0.05, 0.1) is 13.0 Å². The maximum atomic E-state index is 12.8. The molecule has 1 saturated heterocycles. The fraction of sp³-hybridized carbons (Fsp3) is 0.308. The molecule has 2 heterocycles. The molecular formula is C26H29N5O3. The van der Waals surface area contributed by atoms with Crippen LogP contribution in [0.2, 0.25) is 0 Å². The fourth-order valence-corrected chi connectivity index (χ4v) is 4.06. The van der Waals surface area contributed by atoms with Crippen molar-refractivity contribution >= 4 is 28.9 Å². The summed E-state index contributed by atoms with van der Waals surface area (Å²) in [5.41, 5.74) is 4.32. The Balaban J connectivity index is 1.29. The van der Waals surface area contributed by atoms with Gasteiger partial charge in [0.1, 0.15) is 11.6 Å². The van der Waals surface area contributed by atoms with E-state index < -0.39 is 5.92 Å². The summed E-state index contributed by atoms with van der Waals surface area (Å²) < 4.78 is 5.24. The van der Waals surface area contributed by atoms with E-state index in [9.17, 15) is 9.59 Å². The van der Waals surface area contributed by atoms with Crippen molar-refractivity contribution in [2.24, 2.45) is 5.92 Å². The lowest BCUT2D eigenvalue weighted by Gasteiger charge is -2.17. The number of amides is 2. The number of carbonyl (C=O) groups is 2. The highest BCUT2D eigenvalue weighted by Crippen LogP contribution is 2.28. The van der Waals surface area contributed by atoms with Crippen LogP contribution in [0.3, 0.4) is 0 Å². The second-order valence-corrected chi connectivity index (χ2v) is 8.42. The molecule has 1 aliphatic heterocycles. The first-order chi connectivity index (χ1) is 16.4. The summed E-state index contributed by atoms with van der Waals surface area (Å²) in [6, 6.07) is 16.8. The molecule has 2 N–H and O–H groups in total. The summed E-state index contributed by atoms with van der Waals surface area (Å²) in [5.74, 6) is 0.859. The van der Waals surface area contributed by atoms with E-state index in [0.29, 0.717) is 24.5 Å². The molecule has 2 aromatic carbocycles. The van der Waals surface area contributed by atoms with Crippen LogP contribution in [-0.2, 0) is 16.0 Å². The largest absolute Gasteiger partial charge is 0.497 e. The summed E-state index contributed by atoms with van der Waals surface area (Å²) in [5, 5.41) is 6.28. The number of methoxy groups -OCH3 is 1. The SMILES string of the molecule is COc1cccc(N2CC(C(=O)Nc3ccc(NCCc4nc(C)cc(C)n4)cc3)CC2=O)c1. The van der Waals surface area contributed by atoms with Crippen LogP contribution < -0.4 is 20.3 Å². The number of hydrogen-bond donors (Lipinski definition) is 2. The Morgan fingerprint density at radius 2 is 1.76 bits per heavy atom. The number of ether oxygens (including phenoxy) is 1. The van der Waals surface area contributed by atoms with E-state index in [1.807, 2.05) is 62.4 Å². The first-order valence-electron chi connectivity index (χ1n) is 11.3. The third kappa shape index (κ3) is 5.70. The third-order valence-electron chi connectivity index (χ3n) is 5.72. The fourth-order valence-electron chi connectivity index (χ4n) is 4.06. The molecule has 4 rings (SSSR count).